The van der Waals surface area contributed by atoms with Crippen LogP contribution in [0.15, 0.2) is 81.6 Å². The Labute approximate surface area is 213 Å². The topological polar surface area (TPSA) is 86.7 Å². The van der Waals surface area contributed by atoms with E-state index in [1.165, 1.54) is 11.1 Å². The number of rotatable bonds is 4. The van der Waals surface area contributed by atoms with Crippen molar-refractivity contribution in [2.24, 2.45) is 0 Å². The second-order valence-electron chi connectivity index (χ2n) is 10.3. The van der Waals surface area contributed by atoms with E-state index in [2.05, 4.69) is 0 Å². The normalized spacial score (nSPS) is 30.6. The maximum atomic E-state index is 12.8. The first-order valence-electron chi connectivity index (χ1n) is 12.3. The average Bonchev–Trinajstić information content (AvgIpc) is 3.60. The fraction of sp³-hybridized carbons (Fsp3) is 0.429. The maximum Gasteiger partial charge on any atom is 0.206 e. The van der Waals surface area contributed by atoms with Crippen molar-refractivity contribution < 1.29 is 26.3 Å². The predicted octanol–water partition coefficient (Wildman–Crippen LogP) is 4.51. The summed E-state index contributed by atoms with van der Waals surface area (Å²) in [7, 11) is -6.56. The van der Waals surface area contributed by atoms with E-state index in [9.17, 15) is 16.8 Å². The molecule has 0 amide bonds. The van der Waals surface area contributed by atoms with Crippen molar-refractivity contribution in [1.29, 1.82) is 0 Å². The van der Waals surface area contributed by atoms with Crippen molar-refractivity contribution in [3.8, 4) is 0 Å². The van der Waals surface area contributed by atoms with Crippen molar-refractivity contribution in [2.75, 3.05) is 0 Å². The van der Waals surface area contributed by atoms with Gasteiger partial charge in [-0.2, -0.15) is 0 Å². The van der Waals surface area contributed by atoms with Crippen LogP contribution in [0.2, 0.25) is 0 Å². The summed E-state index contributed by atoms with van der Waals surface area (Å²) < 4.78 is 61.6. The molecule has 0 saturated carbocycles. The summed E-state index contributed by atoms with van der Waals surface area (Å²) in [5.74, 6) is 0. The van der Waals surface area contributed by atoms with E-state index in [1.54, 1.807) is 48.5 Å². The predicted molar refractivity (Wildman–Crippen MR) is 138 cm³/mol. The second kappa shape index (κ2) is 9.24. The molecule has 8 heteroatoms. The molecule has 0 radical (unpaired) electrons. The number of hydrogen-bond acceptors (Lipinski definition) is 6. The summed E-state index contributed by atoms with van der Waals surface area (Å²) in [5.41, 5.74) is 4.45. The van der Waals surface area contributed by atoms with Crippen LogP contribution in [-0.4, -0.2) is 51.8 Å². The number of hydrogen-bond donors (Lipinski definition) is 0. The number of aryl methyl sites for hydroxylation is 2. The lowest BCUT2D eigenvalue weighted by Gasteiger charge is -2.24. The van der Waals surface area contributed by atoms with Crippen molar-refractivity contribution >= 4 is 19.7 Å². The van der Waals surface area contributed by atoms with Crippen LogP contribution >= 0.6 is 0 Å². The fourth-order valence-electron chi connectivity index (χ4n) is 5.41. The summed E-state index contributed by atoms with van der Waals surface area (Å²) in [6, 6.07) is 13.8. The van der Waals surface area contributed by atoms with Gasteiger partial charge in [0.15, 0.2) is 9.84 Å². The zero-order valence-corrected chi connectivity index (χ0v) is 22.6. The van der Waals surface area contributed by atoms with Gasteiger partial charge in [0.05, 0.1) is 44.7 Å². The zero-order valence-electron chi connectivity index (χ0n) is 20.9. The van der Waals surface area contributed by atoms with Crippen LogP contribution in [0.1, 0.15) is 37.8 Å². The van der Waals surface area contributed by atoms with Gasteiger partial charge >= 0.3 is 0 Å². The van der Waals surface area contributed by atoms with Gasteiger partial charge in [-0.15, -0.1) is 0 Å². The highest BCUT2D eigenvalue weighted by molar-refractivity contribution is 7.92. The number of benzene rings is 2. The molecule has 2 fully saturated rings. The molecule has 4 heterocycles. The Kier molecular flexibility index (Phi) is 6.52. The molecule has 4 bridgehead atoms. The van der Waals surface area contributed by atoms with Crippen LogP contribution < -0.4 is 0 Å². The van der Waals surface area contributed by atoms with Gasteiger partial charge in [0, 0.05) is 0 Å². The average molecular weight is 529 g/mol. The third-order valence-corrected chi connectivity index (χ3v) is 12.0. The number of fused-ring (bicyclic) bond motifs is 4. The minimum atomic E-state index is -3.37. The van der Waals surface area contributed by atoms with Crippen LogP contribution in [0, 0.1) is 13.8 Å². The first-order chi connectivity index (χ1) is 17.0. The quantitative estimate of drug-likeness (QED) is 0.543. The molecule has 0 spiro atoms. The van der Waals surface area contributed by atoms with E-state index in [-0.39, 0.29) is 34.9 Å². The van der Waals surface area contributed by atoms with E-state index in [1.807, 2.05) is 39.8 Å². The van der Waals surface area contributed by atoms with Crippen LogP contribution in [-0.2, 0) is 29.1 Å². The van der Waals surface area contributed by atoms with Crippen LogP contribution in [0.5, 0.6) is 0 Å². The Morgan fingerprint density at radius 2 is 0.972 bits per heavy atom. The first kappa shape index (κ1) is 25.4. The Morgan fingerprint density at radius 3 is 1.25 bits per heavy atom. The van der Waals surface area contributed by atoms with Crippen LogP contribution in [0.25, 0.3) is 0 Å². The third kappa shape index (κ3) is 4.49. The zero-order chi connectivity index (χ0) is 25.8. The van der Waals surface area contributed by atoms with E-state index >= 15 is 0 Å². The minimum Gasteiger partial charge on any atom is -0.365 e. The van der Waals surface area contributed by atoms with Crippen LogP contribution in [0.4, 0.5) is 0 Å². The first-order valence-corrected chi connectivity index (χ1v) is 15.3. The summed E-state index contributed by atoms with van der Waals surface area (Å²) >= 11 is 0. The van der Waals surface area contributed by atoms with E-state index in [0.29, 0.717) is 22.6 Å². The van der Waals surface area contributed by atoms with Gasteiger partial charge in [0.1, 0.15) is 0 Å². The van der Waals surface area contributed by atoms with E-state index in [0.717, 1.165) is 11.1 Å². The number of sulfone groups is 2. The highest BCUT2D eigenvalue weighted by Crippen LogP contribution is 2.44. The summed E-state index contributed by atoms with van der Waals surface area (Å²) in [6.07, 6.45) is 4.75. The lowest BCUT2D eigenvalue weighted by atomic mass is 10.0. The number of ether oxygens (including phenoxy) is 2. The summed E-state index contributed by atoms with van der Waals surface area (Å²) in [5, 5.41) is -0.745. The highest BCUT2D eigenvalue weighted by atomic mass is 32.2. The molecule has 4 aliphatic heterocycles. The second-order valence-corrected chi connectivity index (χ2v) is 14.6. The molecular formula is C28H32O6S2. The molecule has 0 aromatic heterocycles. The minimum absolute atomic E-state index is 0.0153. The lowest BCUT2D eigenvalue weighted by molar-refractivity contribution is 0.115. The van der Waals surface area contributed by atoms with Crippen molar-refractivity contribution in [3.63, 3.8) is 0 Å². The molecule has 192 valence electrons. The molecule has 6 atom stereocenters. The van der Waals surface area contributed by atoms with E-state index < -0.39 is 19.7 Å². The Hall–Kier alpha value is -2.26. The standard InChI is InChI=1S/C14H18O4S.C14H14O2S/c1-7-3-11-13(5-9(7)17-11)19(15,16)14-6-10-8(2)4-12(14)18-10;1-11-3-7-13(8-4-11)17(15,16)14-9-5-12(2)6-10-14/h3-4,9-14H,5-6H2,1-2H3;3-10H,1-2H3. The van der Waals surface area contributed by atoms with Gasteiger partial charge in [-0.25, -0.2) is 16.8 Å². The smallest absolute Gasteiger partial charge is 0.206 e. The molecule has 4 aliphatic rings. The summed E-state index contributed by atoms with van der Waals surface area (Å²) in [6.45, 7) is 7.89. The molecule has 6 nitrogen and oxygen atoms in total. The molecular weight excluding hydrogens is 496 g/mol. The monoisotopic (exact) mass is 528 g/mol. The molecule has 0 aliphatic carbocycles. The van der Waals surface area contributed by atoms with E-state index in [4.69, 9.17) is 9.47 Å². The van der Waals surface area contributed by atoms with Gasteiger partial charge in [-0.1, -0.05) is 47.5 Å². The Bertz CT molecular complexity index is 1320. The van der Waals surface area contributed by atoms with Gasteiger partial charge in [0.2, 0.25) is 9.84 Å². The van der Waals surface area contributed by atoms with Crippen LogP contribution in [0.3, 0.4) is 0 Å². The molecule has 36 heavy (non-hydrogen) atoms. The van der Waals surface area contributed by atoms with Gasteiger partial charge in [0.25, 0.3) is 0 Å². The van der Waals surface area contributed by atoms with Gasteiger partial charge in [-0.3, -0.25) is 0 Å². The van der Waals surface area contributed by atoms with Gasteiger partial charge in [-0.05, 0) is 75.9 Å². The Balaban J connectivity index is 0.000000149. The highest BCUT2D eigenvalue weighted by Gasteiger charge is 2.54. The molecule has 2 aromatic rings. The lowest BCUT2D eigenvalue weighted by Crippen LogP contribution is -2.41. The summed E-state index contributed by atoms with van der Waals surface area (Å²) in [4.78, 5) is 0.680. The maximum absolute atomic E-state index is 12.8. The molecule has 0 N–H and O–H groups in total. The molecule has 6 unspecified atom stereocenters. The Morgan fingerprint density at radius 1 is 0.611 bits per heavy atom. The molecule has 6 rings (SSSR count). The third-order valence-electron chi connectivity index (χ3n) is 7.65. The molecule has 2 aromatic carbocycles. The van der Waals surface area contributed by atoms with Crippen molar-refractivity contribution in [3.05, 3.63) is 83.0 Å². The van der Waals surface area contributed by atoms with Crippen molar-refractivity contribution in [1.82, 2.24) is 0 Å². The van der Waals surface area contributed by atoms with Gasteiger partial charge < -0.3 is 9.47 Å². The fourth-order valence-corrected chi connectivity index (χ4v) is 9.04. The SMILES string of the molecule is CC1=CC2OC1CC2S(=O)(=O)C1CC2OC1C=C2C.Cc1ccc(S(=O)(=O)c2ccc(C)cc2)cc1. The molecule has 2 saturated heterocycles. The van der Waals surface area contributed by atoms with Crippen molar-refractivity contribution in [2.45, 2.75) is 85.2 Å². The largest absolute Gasteiger partial charge is 0.365 e.